The van der Waals surface area contributed by atoms with E-state index in [-0.39, 0.29) is 5.56 Å². The van der Waals surface area contributed by atoms with Crippen molar-refractivity contribution in [1.82, 2.24) is 15.3 Å². The lowest BCUT2D eigenvalue weighted by atomic mass is 10.1. The summed E-state index contributed by atoms with van der Waals surface area (Å²) in [7, 11) is 0. The minimum atomic E-state index is -4.47. The summed E-state index contributed by atoms with van der Waals surface area (Å²) in [4.78, 5) is 19.5. The number of carbonyl (C=O) groups excluding carboxylic acids is 1. The Labute approximate surface area is 158 Å². The Kier molecular flexibility index (Phi) is 5.85. The number of nitrogens with one attached hydrogen (secondary N) is 2. The van der Waals surface area contributed by atoms with Gasteiger partial charge < -0.3 is 10.3 Å². The molecule has 0 aliphatic carbocycles. The molecule has 4 nitrogen and oxygen atoms in total. The molecule has 3 rings (SSSR count). The lowest BCUT2D eigenvalue weighted by Crippen LogP contribution is -2.26. The topological polar surface area (TPSA) is 57.8 Å². The molecule has 0 spiro atoms. The Morgan fingerprint density at radius 1 is 1.11 bits per heavy atom. The van der Waals surface area contributed by atoms with Crippen LogP contribution in [0.4, 0.5) is 13.2 Å². The predicted octanol–water partition coefficient (Wildman–Crippen LogP) is 4.62. The number of halogens is 3. The van der Waals surface area contributed by atoms with Crippen molar-refractivity contribution < 1.29 is 18.0 Å². The molecule has 0 saturated carbocycles. The van der Waals surface area contributed by atoms with E-state index in [9.17, 15) is 18.0 Å². The number of thioether (sulfide) groups is 1. The molecule has 0 aliphatic heterocycles. The molecule has 3 aromatic rings. The second-order valence-electron chi connectivity index (χ2n) is 5.65. The van der Waals surface area contributed by atoms with E-state index in [1.165, 1.54) is 23.9 Å². The molecule has 8 heteroatoms. The van der Waals surface area contributed by atoms with E-state index in [1.54, 1.807) is 6.20 Å². The minimum absolute atomic E-state index is 0.0146. The summed E-state index contributed by atoms with van der Waals surface area (Å²) < 4.78 is 38.1. The van der Waals surface area contributed by atoms with Gasteiger partial charge in [-0.25, -0.2) is 4.98 Å². The van der Waals surface area contributed by atoms with E-state index in [0.717, 1.165) is 23.4 Å². The number of nitrogens with zero attached hydrogens (tertiary/aromatic N) is 1. The second-order valence-corrected chi connectivity index (χ2v) is 6.73. The molecular formula is C19H16F3N3OS. The number of amides is 1. The molecule has 27 heavy (non-hydrogen) atoms. The standard InChI is InChI=1S/C19H16F3N3OS/c20-19(21,22)15-8-4-7-14(11-15)17(26)23-9-10-27-18-24-12-16(25-18)13-5-2-1-3-6-13/h1-8,11-12H,9-10H2,(H,23,26)(H,24,25). The number of alkyl halides is 3. The Morgan fingerprint density at radius 2 is 1.89 bits per heavy atom. The van der Waals surface area contributed by atoms with Crippen molar-refractivity contribution in [2.45, 2.75) is 11.3 Å². The highest BCUT2D eigenvalue weighted by Crippen LogP contribution is 2.29. The van der Waals surface area contributed by atoms with Crippen molar-refractivity contribution in [1.29, 1.82) is 0 Å². The maximum absolute atomic E-state index is 12.7. The molecule has 0 radical (unpaired) electrons. The van der Waals surface area contributed by atoms with Gasteiger partial charge in [-0.15, -0.1) is 0 Å². The molecule has 1 heterocycles. The number of hydrogen-bond donors (Lipinski definition) is 2. The van der Waals surface area contributed by atoms with Crippen LogP contribution in [-0.2, 0) is 6.18 Å². The lowest BCUT2D eigenvalue weighted by molar-refractivity contribution is -0.137. The molecule has 2 aromatic carbocycles. The maximum atomic E-state index is 12.7. The molecule has 1 aromatic heterocycles. The Hall–Kier alpha value is -2.74. The van der Waals surface area contributed by atoms with Crippen molar-refractivity contribution in [3.63, 3.8) is 0 Å². The van der Waals surface area contributed by atoms with E-state index in [2.05, 4.69) is 15.3 Å². The summed E-state index contributed by atoms with van der Waals surface area (Å²) in [5, 5.41) is 3.33. The zero-order valence-electron chi connectivity index (χ0n) is 14.1. The monoisotopic (exact) mass is 391 g/mol. The van der Waals surface area contributed by atoms with Crippen LogP contribution in [0.25, 0.3) is 11.3 Å². The molecule has 0 bridgehead atoms. The fraction of sp³-hybridized carbons (Fsp3) is 0.158. The smallest absolute Gasteiger partial charge is 0.351 e. The number of carbonyl (C=O) groups is 1. The van der Waals surface area contributed by atoms with Gasteiger partial charge in [0.25, 0.3) is 5.91 Å². The highest BCUT2D eigenvalue weighted by atomic mass is 32.2. The van der Waals surface area contributed by atoms with Gasteiger partial charge in [-0.1, -0.05) is 48.2 Å². The van der Waals surface area contributed by atoms with Gasteiger partial charge >= 0.3 is 6.18 Å². The quantitative estimate of drug-likeness (QED) is 0.476. The number of hydrogen-bond acceptors (Lipinski definition) is 3. The third kappa shape index (κ3) is 5.13. The van der Waals surface area contributed by atoms with Gasteiger partial charge in [0.1, 0.15) is 0 Å². The average molecular weight is 391 g/mol. The van der Waals surface area contributed by atoms with E-state index < -0.39 is 17.6 Å². The van der Waals surface area contributed by atoms with E-state index in [4.69, 9.17) is 0 Å². The lowest BCUT2D eigenvalue weighted by Gasteiger charge is -2.09. The first-order valence-corrected chi connectivity index (χ1v) is 9.11. The maximum Gasteiger partial charge on any atom is 0.416 e. The summed E-state index contributed by atoms with van der Waals surface area (Å²) >= 11 is 1.42. The molecule has 2 N–H and O–H groups in total. The van der Waals surface area contributed by atoms with Gasteiger partial charge in [0, 0.05) is 17.9 Å². The Balaban J connectivity index is 1.49. The summed E-state index contributed by atoms with van der Waals surface area (Å²) in [6, 6.07) is 14.1. The first-order chi connectivity index (χ1) is 12.9. The van der Waals surface area contributed by atoms with Crippen LogP contribution < -0.4 is 5.32 Å². The second kappa shape index (κ2) is 8.30. The number of aromatic amines is 1. The van der Waals surface area contributed by atoms with Gasteiger partial charge in [-0.05, 0) is 23.8 Å². The fourth-order valence-corrected chi connectivity index (χ4v) is 3.10. The van der Waals surface area contributed by atoms with Crippen LogP contribution in [-0.4, -0.2) is 28.2 Å². The predicted molar refractivity (Wildman–Crippen MR) is 98.5 cm³/mol. The van der Waals surface area contributed by atoms with E-state index in [0.29, 0.717) is 17.5 Å². The van der Waals surface area contributed by atoms with Gasteiger partial charge in [-0.2, -0.15) is 13.2 Å². The van der Waals surface area contributed by atoms with Crippen LogP contribution >= 0.6 is 11.8 Å². The van der Waals surface area contributed by atoms with Crippen molar-refractivity contribution in [3.05, 3.63) is 71.9 Å². The normalized spacial score (nSPS) is 11.4. The molecule has 0 fully saturated rings. The van der Waals surface area contributed by atoms with E-state index in [1.807, 2.05) is 30.3 Å². The molecular weight excluding hydrogens is 375 g/mol. The Bertz CT molecular complexity index is 910. The van der Waals surface area contributed by atoms with Crippen LogP contribution in [0, 0.1) is 0 Å². The number of aromatic nitrogens is 2. The average Bonchev–Trinajstić information content (AvgIpc) is 3.14. The third-order valence-corrected chi connectivity index (χ3v) is 4.60. The summed E-state index contributed by atoms with van der Waals surface area (Å²) in [5.74, 6) is -0.00183. The summed E-state index contributed by atoms with van der Waals surface area (Å²) in [6.07, 6.45) is -2.74. The van der Waals surface area contributed by atoms with Gasteiger partial charge in [0.05, 0.1) is 17.5 Å². The van der Waals surface area contributed by atoms with Crippen molar-refractivity contribution in [3.8, 4) is 11.3 Å². The minimum Gasteiger partial charge on any atom is -0.351 e. The first kappa shape index (κ1) is 19.0. The number of H-pyrrole nitrogens is 1. The largest absolute Gasteiger partial charge is 0.416 e. The molecule has 0 unspecified atom stereocenters. The highest BCUT2D eigenvalue weighted by molar-refractivity contribution is 7.99. The van der Waals surface area contributed by atoms with Gasteiger partial charge in [0.2, 0.25) is 0 Å². The molecule has 1 amide bonds. The van der Waals surface area contributed by atoms with E-state index >= 15 is 0 Å². The zero-order valence-corrected chi connectivity index (χ0v) is 14.9. The fourth-order valence-electron chi connectivity index (χ4n) is 2.39. The number of imidazole rings is 1. The molecule has 0 atom stereocenters. The SMILES string of the molecule is O=C(NCCSc1ncc(-c2ccccc2)[nH]1)c1cccc(C(F)(F)F)c1. The molecule has 0 saturated heterocycles. The highest BCUT2D eigenvalue weighted by Gasteiger charge is 2.30. The first-order valence-electron chi connectivity index (χ1n) is 8.12. The van der Waals surface area contributed by atoms with Gasteiger partial charge in [0.15, 0.2) is 5.16 Å². The third-order valence-electron chi connectivity index (χ3n) is 3.72. The van der Waals surface area contributed by atoms with Crippen LogP contribution in [0.1, 0.15) is 15.9 Å². The van der Waals surface area contributed by atoms with Crippen molar-refractivity contribution >= 4 is 17.7 Å². The van der Waals surface area contributed by atoms with Gasteiger partial charge in [-0.3, -0.25) is 4.79 Å². The molecule has 0 aliphatic rings. The van der Waals surface area contributed by atoms with Crippen molar-refractivity contribution in [2.24, 2.45) is 0 Å². The van der Waals surface area contributed by atoms with Crippen LogP contribution in [0.3, 0.4) is 0 Å². The van der Waals surface area contributed by atoms with Crippen LogP contribution in [0.15, 0.2) is 66.0 Å². The zero-order chi connectivity index (χ0) is 19.3. The van der Waals surface area contributed by atoms with Crippen LogP contribution in [0.2, 0.25) is 0 Å². The van der Waals surface area contributed by atoms with Crippen LogP contribution in [0.5, 0.6) is 0 Å². The Morgan fingerprint density at radius 3 is 2.63 bits per heavy atom. The number of rotatable bonds is 6. The summed E-state index contributed by atoms with van der Waals surface area (Å²) in [5.41, 5.74) is 1.06. The summed E-state index contributed by atoms with van der Waals surface area (Å²) in [6.45, 7) is 0.307. The van der Waals surface area contributed by atoms with Crippen molar-refractivity contribution in [2.75, 3.05) is 12.3 Å². The number of benzene rings is 2. The molecule has 140 valence electrons.